The zero-order chi connectivity index (χ0) is 17.1. The third-order valence-corrected chi connectivity index (χ3v) is 6.95. The van der Waals surface area contributed by atoms with Crippen molar-refractivity contribution in [2.24, 2.45) is 17.6 Å². The minimum absolute atomic E-state index is 0.112. The van der Waals surface area contributed by atoms with Crippen LogP contribution < -0.4 is 11.1 Å². The molecule has 1 fully saturated rings. The molecule has 126 valence electrons. The molecule has 2 heterocycles. The van der Waals surface area contributed by atoms with Crippen molar-refractivity contribution in [1.29, 1.82) is 0 Å². The van der Waals surface area contributed by atoms with Gasteiger partial charge in [0, 0.05) is 5.25 Å². The number of primary amides is 1. The lowest BCUT2D eigenvalue weighted by atomic mass is 9.88. The summed E-state index contributed by atoms with van der Waals surface area (Å²) in [5, 5.41) is 4.83. The van der Waals surface area contributed by atoms with Crippen molar-refractivity contribution in [3.63, 3.8) is 0 Å². The van der Waals surface area contributed by atoms with E-state index in [0.29, 0.717) is 4.88 Å². The lowest BCUT2D eigenvalue weighted by molar-refractivity contribution is -0.123. The van der Waals surface area contributed by atoms with E-state index in [-0.39, 0.29) is 34.3 Å². The average Bonchev–Trinajstić information content (AvgIpc) is 3.18. The van der Waals surface area contributed by atoms with Gasteiger partial charge in [0.05, 0.1) is 16.2 Å². The van der Waals surface area contributed by atoms with Gasteiger partial charge in [0.2, 0.25) is 5.91 Å². The molecule has 4 nitrogen and oxygen atoms in total. The predicted molar refractivity (Wildman–Crippen MR) is 98.9 cm³/mol. The minimum atomic E-state index is -0.354. The van der Waals surface area contributed by atoms with Crippen LogP contribution in [0.25, 0.3) is 0 Å². The van der Waals surface area contributed by atoms with Gasteiger partial charge < -0.3 is 11.1 Å². The van der Waals surface area contributed by atoms with Crippen LogP contribution in [0.4, 0.5) is 0 Å². The summed E-state index contributed by atoms with van der Waals surface area (Å²) in [6.45, 7) is 2.05. The van der Waals surface area contributed by atoms with E-state index in [4.69, 9.17) is 5.73 Å². The molecule has 0 spiro atoms. The molecule has 6 heteroatoms. The van der Waals surface area contributed by atoms with Crippen LogP contribution >= 0.6 is 23.1 Å². The lowest BCUT2D eigenvalue weighted by Gasteiger charge is -2.19. The quantitative estimate of drug-likeness (QED) is 0.861. The van der Waals surface area contributed by atoms with Gasteiger partial charge in [-0.15, -0.1) is 23.1 Å². The molecule has 1 aromatic carbocycles. The Hall–Kier alpha value is -1.79. The van der Waals surface area contributed by atoms with Crippen molar-refractivity contribution < 1.29 is 9.59 Å². The minimum Gasteiger partial charge on any atom is -0.369 e. The standard InChI is InChI=1S/C18H20N2O2S2/c1-11-14(10-12-6-3-2-4-7-12)24-18(15(11)16(19)21)20-17(22)13-8-5-9-23-13/h2-9,11,14-15,18H,10H2,1H3,(H2,19,21)(H,20,22). The zero-order valence-corrected chi connectivity index (χ0v) is 15.0. The number of benzene rings is 1. The molecular weight excluding hydrogens is 340 g/mol. The molecule has 24 heavy (non-hydrogen) atoms. The van der Waals surface area contributed by atoms with Crippen LogP contribution in [-0.2, 0) is 11.2 Å². The van der Waals surface area contributed by atoms with Crippen LogP contribution in [0.5, 0.6) is 0 Å². The van der Waals surface area contributed by atoms with Crippen molar-refractivity contribution in [3.05, 3.63) is 58.3 Å². The lowest BCUT2D eigenvalue weighted by Crippen LogP contribution is -2.42. The average molecular weight is 361 g/mol. The maximum atomic E-state index is 12.3. The summed E-state index contributed by atoms with van der Waals surface area (Å²) in [7, 11) is 0. The van der Waals surface area contributed by atoms with Crippen LogP contribution in [0.3, 0.4) is 0 Å². The van der Waals surface area contributed by atoms with E-state index in [1.807, 2.05) is 36.6 Å². The number of carbonyl (C=O) groups excluding carboxylic acids is 2. The number of carbonyl (C=O) groups is 2. The second kappa shape index (κ2) is 7.40. The van der Waals surface area contributed by atoms with Crippen LogP contribution in [0.1, 0.15) is 22.2 Å². The van der Waals surface area contributed by atoms with Crippen molar-refractivity contribution in [1.82, 2.24) is 5.32 Å². The van der Waals surface area contributed by atoms with Crippen LogP contribution in [0.2, 0.25) is 0 Å². The molecule has 0 aliphatic carbocycles. The van der Waals surface area contributed by atoms with Gasteiger partial charge in [-0.25, -0.2) is 0 Å². The third-order valence-electron chi connectivity index (χ3n) is 4.43. The number of hydrogen-bond donors (Lipinski definition) is 2. The SMILES string of the molecule is CC1C(Cc2ccccc2)SC(NC(=O)c2cccs2)C1C(N)=O. The first-order valence-electron chi connectivity index (χ1n) is 7.89. The van der Waals surface area contributed by atoms with E-state index in [0.717, 1.165) is 6.42 Å². The van der Waals surface area contributed by atoms with Gasteiger partial charge in [-0.2, -0.15) is 0 Å². The first kappa shape index (κ1) is 17.0. The predicted octanol–water partition coefficient (Wildman–Crippen LogP) is 2.90. The van der Waals surface area contributed by atoms with Crippen LogP contribution in [0, 0.1) is 11.8 Å². The highest BCUT2D eigenvalue weighted by Crippen LogP contribution is 2.43. The molecule has 1 aliphatic heterocycles. The number of amides is 2. The maximum absolute atomic E-state index is 12.3. The summed E-state index contributed by atoms with van der Waals surface area (Å²) in [4.78, 5) is 24.9. The first-order valence-corrected chi connectivity index (χ1v) is 9.71. The number of thioether (sulfide) groups is 1. The number of rotatable bonds is 5. The van der Waals surface area contributed by atoms with Gasteiger partial charge in [-0.05, 0) is 29.3 Å². The molecule has 2 amide bonds. The summed E-state index contributed by atoms with van der Waals surface area (Å²) in [6, 6.07) is 13.8. The molecule has 2 aromatic rings. The van der Waals surface area contributed by atoms with Gasteiger partial charge in [0.15, 0.2) is 0 Å². The van der Waals surface area contributed by atoms with Gasteiger partial charge in [0.25, 0.3) is 5.91 Å². The Morgan fingerprint density at radius 3 is 2.54 bits per heavy atom. The highest BCUT2D eigenvalue weighted by atomic mass is 32.2. The highest BCUT2D eigenvalue weighted by Gasteiger charge is 2.45. The molecule has 4 unspecified atom stereocenters. The molecule has 0 bridgehead atoms. The first-order chi connectivity index (χ1) is 11.6. The summed E-state index contributed by atoms with van der Waals surface area (Å²) in [5.41, 5.74) is 6.86. The Kier molecular flexibility index (Phi) is 5.26. The highest BCUT2D eigenvalue weighted by molar-refractivity contribution is 8.00. The van der Waals surface area contributed by atoms with Gasteiger partial charge in [-0.1, -0.05) is 43.3 Å². The molecule has 1 aromatic heterocycles. The summed E-state index contributed by atoms with van der Waals surface area (Å²) < 4.78 is 0. The molecular formula is C18H20N2O2S2. The van der Waals surface area contributed by atoms with Gasteiger partial charge >= 0.3 is 0 Å². The molecule has 4 atom stereocenters. The van der Waals surface area contributed by atoms with E-state index >= 15 is 0 Å². The number of thiophene rings is 1. The van der Waals surface area contributed by atoms with E-state index in [2.05, 4.69) is 17.4 Å². The molecule has 0 saturated carbocycles. The Labute approximate surface area is 149 Å². The fourth-order valence-corrected chi connectivity index (χ4v) is 5.56. The van der Waals surface area contributed by atoms with Crippen molar-refractivity contribution >= 4 is 34.9 Å². The normalized spacial score (nSPS) is 26.2. The van der Waals surface area contributed by atoms with Crippen LogP contribution in [-0.4, -0.2) is 22.4 Å². The second-order valence-electron chi connectivity index (χ2n) is 6.02. The van der Waals surface area contributed by atoms with Crippen molar-refractivity contribution in [2.75, 3.05) is 0 Å². The molecule has 1 saturated heterocycles. The van der Waals surface area contributed by atoms with Crippen LogP contribution in [0.15, 0.2) is 47.8 Å². The van der Waals surface area contributed by atoms with Crippen molar-refractivity contribution in [3.8, 4) is 0 Å². The Morgan fingerprint density at radius 1 is 1.17 bits per heavy atom. The fourth-order valence-electron chi connectivity index (χ4n) is 3.12. The number of hydrogen-bond acceptors (Lipinski definition) is 4. The van der Waals surface area contributed by atoms with Gasteiger partial charge in [-0.3, -0.25) is 9.59 Å². The number of nitrogens with two attached hydrogens (primary N) is 1. The van der Waals surface area contributed by atoms with E-state index in [1.54, 1.807) is 17.8 Å². The van der Waals surface area contributed by atoms with E-state index < -0.39 is 0 Å². The van der Waals surface area contributed by atoms with Gasteiger partial charge in [0.1, 0.15) is 0 Å². The maximum Gasteiger partial charge on any atom is 0.262 e. The largest absolute Gasteiger partial charge is 0.369 e. The summed E-state index contributed by atoms with van der Waals surface area (Å²) in [5.74, 6) is -0.725. The van der Waals surface area contributed by atoms with E-state index in [9.17, 15) is 9.59 Å². The third kappa shape index (κ3) is 3.65. The fraction of sp³-hybridized carbons (Fsp3) is 0.333. The summed E-state index contributed by atoms with van der Waals surface area (Å²) >= 11 is 3.04. The molecule has 3 N–H and O–H groups in total. The Morgan fingerprint density at radius 2 is 1.92 bits per heavy atom. The smallest absolute Gasteiger partial charge is 0.262 e. The Bertz CT molecular complexity index is 703. The number of nitrogens with one attached hydrogen (secondary N) is 1. The Balaban J connectivity index is 1.73. The molecule has 0 radical (unpaired) electrons. The monoisotopic (exact) mass is 360 g/mol. The van der Waals surface area contributed by atoms with E-state index in [1.165, 1.54) is 16.9 Å². The second-order valence-corrected chi connectivity index (χ2v) is 8.36. The topological polar surface area (TPSA) is 72.2 Å². The molecule has 1 aliphatic rings. The summed E-state index contributed by atoms with van der Waals surface area (Å²) in [6.07, 6.45) is 0.863. The van der Waals surface area contributed by atoms with Crippen molar-refractivity contribution in [2.45, 2.75) is 24.0 Å². The molecule has 3 rings (SSSR count). The zero-order valence-electron chi connectivity index (χ0n) is 13.3.